The molecule has 0 spiro atoms. The van der Waals surface area contributed by atoms with Crippen molar-refractivity contribution in [2.24, 2.45) is 16.9 Å². The zero-order chi connectivity index (χ0) is 24.2. The Kier molecular flexibility index (Phi) is 7.10. The fraction of sp³-hybridized carbons (Fsp3) is 0.407. The molecule has 1 aromatic carbocycles. The van der Waals surface area contributed by atoms with Crippen molar-refractivity contribution in [1.82, 2.24) is 15.0 Å². The van der Waals surface area contributed by atoms with E-state index in [4.69, 9.17) is 0 Å². The first-order chi connectivity index (χ1) is 16.5. The Morgan fingerprint density at radius 3 is 2.74 bits per heavy atom. The van der Waals surface area contributed by atoms with Crippen LogP contribution in [0.3, 0.4) is 0 Å². The topological polar surface area (TPSA) is 82.5 Å². The van der Waals surface area contributed by atoms with Gasteiger partial charge >= 0.3 is 0 Å². The fourth-order valence-corrected chi connectivity index (χ4v) is 4.69. The van der Waals surface area contributed by atoms with E-state index >= 15 is 0 Å². The van der Waals surface area contributed by atoms with E-state index in [0.717, 1.165) is 58.5 Å². The number of nitrogens with zero attached hydrogens (tertiary/aromatic N) is 4. The minimum atomic E-state index is -0.211. The summed E-state index contributed by atoms with van der Waals surface area (Å²) in [7, 11) is 1.84. The van der Waals surface area contributed by atoms with Gasteiger partial charge in [-0.05, 0) is 55.0 Å². The Hall–Kier alpha value is -3.48. The largest absolute Gasteiger partial charge is 0.373 e. The van der Waals surface area contributed by atoms with Gasteiger partial charge in [0.2, 0.25) is 5.91 Å². The molecule has 3 atom stereocenters. The SMILES string of the molecule is CC.CNc1cc2ncc(-c3cc(NC(=O)C4C=NN5CCC(C)CC45)ccc3C)cc2cn1. The van der Waals surface area contributed by atoms with Crippen LogP contribution in [0.4, 0.5) is 11.5 Å². The molecule has 0 bridgehead atoms. The quantitative estimate of drug-likeness (QED) is 0.552. The molecule has 34 heavy (non-hydrogen) atoms. The first-order valence-corrected chi connectivity index (χ1v) is 12.2. The molecule has 3 aromatic rings. The number of hydrazone groups is 1. The van der Waals surface area contributed by atoms with E-state index in [1.54, 1.807) is 0 Å². The first kappa shape index (κ1) is 23.7. The molecular formula is C27H34N6O. The highest BCUT2D eigenvalue weighted by Gasteiger charge is 2.39. The number of carbonyl (C=O) groups is 1. The van der Waals surface area contributed by atoms with Crippen molar-refractivity contribution in [3.63, 3.8) is 0 Å². The molecule has 3 unspecified atom stereocenters. The Morgan fingerprint density at radius 1 is 1.12 bits per heavy atom. The maximum Gasteiger partial charge on any atom is 0.235 e. The predicted octanol–water partition coefficient (Wildman–Crippen LogP) is 5.33. The molecule has 1 amide bonds. The number of hydrogen-bond acceptors (Lipinski definition) is 6. The number of hydrogen-bond donors (Lipinski definition) is 2. The number of benzene rings is 1. The van der Waals surface area contributed by atoms with Gasteiger partial charge < -0.3 is 10.6 Å². The summed E-state index contributed by atoms with van der Waals surface area (Å²) in [5, 5.41) is 13.7. The smallest absolute Gasteiger partial charge is 0.235 e. The summed E-state index contributed by atoms with van der Waals surface area (Å²) < 4.78 is 0. The van der Waals surface area contributed by atoms with E-state index in [-0.39, 0.29) is 17.9 Å². The van der Waals surface area contributed by atoms with E-state index < -0.39 is 0 Å². The number of amides is 1. The van der Waals surface area contributed by atoms with Crippen LogP contribution >= 0.6 is 0 Å². The van der Waals surface area contributed by atoms with E-state index in [1.807, 2.05) is 63.8 Å². The highest BCUT2D eigenvalue weighted by Crippen LogP contribution is 2.32. The predicted molar refractivity (Wildman–Crippen MR) is 140 cm³/mol. The van der Waals surface area contributed by atoms with Crippen LogP contribution in [-0.4, -0.2) is 46.7 Å². The highest BCUT2D eigenvalue weighted by atomic mass is 16.2. The number of pyridine rings is 2. The second kappa shape index (κ2) is 10.2. The van der Waals surface area contributed by atoms with Gasteiger partial charge in [0, 0.05) is 54.9 Å². The van der Waals surface area contributed by atoms with Crippen LogP contribution in [0.5, 0.6) is 0 Å². The minimum absolute atomic E-state index is 0.00517. The number of aryl methyl sites for hydroxylation is 1. The van der Waals surface area contributed by atoms with Crippen LogP contribution in [0.1, 0.15) is 39.2 Å². The lowest BCUT2D eigenvalue weighted by Gasteiger charge is -2.34. The first-order valence-electron chi connectivity index (χ1n) is 12.2. The van der Waals surface area contributed by atoms with Crippen LogP contribution in [-0.2, 0) is 4.79 Å². The molecule has 2 aliphatic heterocycles. The lowest BCUT2D eigenvalue weighted by atomic mass is 9.87. The summed E-state index contributed by atoms with van der Waals surface area (Å²) in [6, 6.07) is 10.2. The second-order valence-corrected chi connectivity index (χ2v) is 8.91. The van der Waals surface area contributed by atoms with Crippen LogP contribution in [0.15, 0.2) is 47.8 Å². The van der Waals surface area contributed by atoms with Gasteiger partial charge in [-0.25, -0.2) is 4.98 Å². The lowest BCUT2D eigenvalue weighted by molar-refractivity contribution is -0.119. The molecule has 0 radical (unpaired) electrons. The van der Waals surface area contributed by atoms with Crippen molar-refractivity contribution < 1.29 is 4.79 Å². The Bertz CT molecular complexity index is 1210. The molecule has 5 rings (SSSR count). The van der Waals surface area contributed by atoms with Crippen LogP contribution in [0.2, 0.25) is 0 Å². The maximum atomic E-state index is 13.1. The molecule has 2 N–H and O–H groups in total. The highest BCUT2D eigenvalue weighted by molar-refractivity contribution is 6.03. The van der Waals surface area contributed by atoms with Crippen molar-refractivity contribution in [3.8, 4) is 11.1 Å². The van der Waals surface area contributed by atoms with Crippen molar-refractivity contribution >= 4 is 34.5 Å². The normalized spacial score (nSPS) is 21.0. The van der Waals surface area contributed by atoms with Crippen molar-refractivity contribution in [2.45, 2.75) is 46.6 Å². The van der Waals surface area contributed by atoms with Gasteiger partial charge in [0.05, 0.1) is 17.5 Å². The number of piperidine rings is 1. The summed E-state index contributed by atoms with van der Waals surface area (Å²) in [5.74, 6) is 1.21. The summed E-state index contributed by atoms with van der Waals surface area (Å²) in [4.78, 5) is 22.1. The number of aromatic nitrogens is 2. The fourth-order valence-electron chi connectivity index (χ4n) is 4.69. The summed E-state index contributed by atoms with van der Waals surface area (Å²) >= 11 is 0. The zero-order valence-electron chi connectivity index (χ0n) is 20.7. The Morgan fingerprint density at radius 2 is 1.94 bits per heavy atom. The van der Waals surface area contributed by atoms with Crippen molar-refractivity contribution in [3.05, 3.63) is 48.3 Å². The average Bonchev–Trinajstić information content (AvgIpc) is 3.29. The molecule has 1 saturated heterocycles. The molecule has 1 fully saturated rings. The molecule has 2 aromatic heterocycles. The van der Waals surface area contributed by atoms with Crippen LogP contribution in [0, 0.1) is 18.8 Å². The zero-order valence-corrected chi connectivity index (χ0v) is 20.7. The molecule has 7 nitrogen and oxygen atoms in total. The van der Waals surface area contributed by atoms with E-state index in [2.05, 4.69) is 50.6 Å². The number of fused-ring (bicyclic) bond motifs is 2. The molecule has 7 heteroatoms. The summed E-state index contributed by atoms with van der Waals surface area (Å²) in [6.45, 7) is 9.25. The molecular weight excluding hydrogens is 424 g/mol. The van der Waals surface area contributed by atoms with Gasteiger partial charge in [-0.2, -0.15) is 5.10 Å². The minimum Gasteiger partial charge on any atom is -0.373 e. The van der Waals surface area contributed by atoms with E-state index in [1.165, 1.54) is 0 Å². The molecule has 0 aliphatic carbocycles. The number of rotatable bonds is 4. The molecule has 178 valence electrons. The van der Waals surface area contributed by atoms with Gasteiger partial charge in [0.1, 0.15) is 5.82 Å². The number of anilines is 2. The number of carbonyl (C=O) groups excluding carboxylic acids is 1. The summed E-state index contributed by atoms with van der Waals surface area (Å²) in [6.07, 6.45) is 7.65. The van der Waals surface area contributed by atoms with Gasteiger partial charge in [-0.3, -0.25) is 14.8 Å². The third-order valence-corrected chi connectivity index (χ3v) is 6.61. The lowest BCUT2D eigenvalue weighted by Crippen LogP contribution is -2.43. The third kappa shape index (κ3) is 4.74. The monoisotopic (exact) mass is 458 g/mol. The van der Waals surface area contributed by atoms with Gasteiger partial charge in [0.25, 0.3) is 0 Å². The van der Waals surface area contributed by atoms with Gasteiger partial charge in [-0.1, -0.05) is 26.8 Å². The Balaban J connectivity index is 0.00000133. The number of nitrogens with one attached hydrogen (secondary N) is 2. The second-order valence-electron chi connectivity index (χ2n) is 8.91. The molecule has 2 aliphatic rings. The van der Waals surface area contributed by atoms with Gasteiger partial charge in [0.15, 0.2) is 0 Å². The third-order valence-electron chi connectivity index (χ3n) is 6.61. The van der Waals surface area contributed by atoms with Gasteiger partial charge in [-0.15, -0.1) is 0 Å². The maximum absolute atomic E-state index is 13.1. The Labute approximate surface area is 201 Å². The molecule has 4 heterocycles. The summed E-state index contributed by atoms with van der Waals surface area (Å²) in [5.41, 5.74) is 4.85. The van der Waals surface area contributed by atoms with Crippen molar-refractivity contribution in [2.75, 3.05) is 24.2 Å². The standard InChI is InChI=1S/C25H28N6O.C2H6/c1-15-6-7-31-23(8-15)21(14-29-31)25(32)30-19-5-4-16(2)20(10-19)17-9-18-13-28-24(26-3)11-22(18)27-12-17;1-2/h4-5,9-15,21,23H,6-8H2,1-3H3,(H,26,28)(H,30,32);1-2H3. The molecule has 0 saturated carbocycles. The van der Waals surface area contributed by atoms with Crippen LogP contribution < -0.4 is 10.6 Å². The van der Waals surface area contributed by atoms with E-state index in [9.17, 15) is 4.79 Å². The average molecular weight is 459 g/mol. The van der Waals surface area contributed by atoms with Crippen molar-refractivity contribution in [1.29, 1.82) is 0 Å². The van der Waals surface area contributed by atoms with Crippen LogP contribution in [0.25, 0.3) is 22.0 Å². The van der Waals surface area contributed by atoms with E-state index in [0.29, 0.717) is 5.92 Å².